The van der Waals surface area contributed by atoms with E-state index in [1.807, 2.05) is 6.92 Å². The van der Waals surface area contributed by atoms with E-state index < -0.39 is 0 Å². The molecule has 1 aliphatic rings. The third-order valence-electron chi connectivity index (χ3n) is 3.81. The molecule has 110 valence electrons. The molecule has 0 bridgehead atoms. The monoisotopic (exact) mass is 277 g/mol. The summed E-state index contributed by atoms with van der Waals surface area (Å²) in [6.07, 6.45) is 5.04. The summed E-state index contributed by atoms with van der Waals surface area (Å²) in [7, 11) is 1.72. The van der Waals surface area contributed by atoms with Gasteiger partial charge in [-0.3, -0.25) is 4.79 Å². The largest absolute Gasteiger partial charge is 0.385 e. The zero-order valence-corrected chi connectivity index (χ0v) is 12.2. The molecule has 1 aromatic rings. The van der Waals surface area contributed by atoms with Crippen LogP contribution >= 0.6 is 0 Å². The van der Waals surface area contributed by atoms with E-state index in [0.717, 1.165) is 26.1 Å². The smallest absolute Gasteiger partial charge is 0.255 e. The van der Waals surface area contributed by atoms with Crippen molar-refractivity contribution >= 4 is 11.7 Å². The average Bonchev–Trinajstić information content (AvgIpc) is 3.24. The number of aromatic nitrogens is 1. The van der Waals surface area contributed by atoms with E-state index in [4.69, 9.17) is 4.74 Å². The Labute approximate surface area is 120 Å². The van der Waals surface area contributed by atoms with Crippen LogP contribution in [0.3, 0.4) is 0 Å². The van der Waals surface area contributed by atoms with Crippen LogP contribution in [0, 0.1) is 5.41 Å². The Bertz CT molecular complexity index is 458. The third kappa shape index (κ3) is 3.70. The summed E-state index contributed by atoms with van der Waals surface area (Å²) in [6, 6.07) is 3.59. The van der Waals surface area contributed by atoms with Gasteiger partial charge in [-0.2, -0.15) is 0 Å². The van der Waals surface area contributed by atoms with Gasteiger partial charge in [0.15, 0.2) is 0 Å². The Kier molecular flexibility index (Phi) is 4.95. The first kappa shape index (κ1) is 14.8. The minimum Gasteiger partial charge on any atom is -0.385 e. The Hall–Kier alpha value is -1.62. The molecule has 5 heteroatoms. The lowest BCUT2D eigenvalue weighted by atomic mass is 10.0. The Morgan fingerprint density at radius 2 is 2.30 bits per heavy atom. The normalized spacial score (nSPS) is 15.7. The molecule has 0 spiro atoms. The van der Waals surface area contributed by atoms with Gasteiger partial charge in [-0.1, -0.05) is 0 Å². The van der Waals surface area contributed by atoms with E-state index >= 15 is 0 Å². The van der Waals surface area contributed by atoms with Crippen molar-refractivity contribution in [1.29, 1.82) is 0 Å². The van der Waals surface area contributed by atoms with Crippen LogP contribution in [-0.2, 0) is 4.74 Å². The number of anilines is 1. The fraction of sp³-hybridized carbons (Fsp3) is 0.600. The molecule has 20 heavy (non-hydrogen) atoms. The Balaban J connectivity index is 1.92. The van der Waals surface area contributed by atoms with E-state index in [1.165, 1.54) is 12.8 Å². The van der Waals surface area contributed by atoms with Crippen LogP contribution < -0.4 is 10.6 Å². The molecule has 1 heterocycles. The first-order valence-electron chi connectivity index (χ1n) is 7.17. The molecule has 5 nitrogen and oxygen atoms in total. The molecule has 0 aromatic carbocycles. The summed E-state index contributed by atoms with van der Waals surface area (Å²) in [5.41, 5.74) is 0.864. The lowest BCUT2D eigenvalue weighted by Gasteiger charge is -2.16. The average molecular weight is 277 g/mol. The molecule has 1 fully saturated rings. The van der Waals surface area contributed by atoms with Crippen molar-refractivity contribution in [3.8, 4) is 0 Å². The molecule has 0 saturated heterocycles. The van der Waals surface area contributed by atoms with E-state index in [1.54, 1.807) is 25.4 Å². The second kappa shape index (κ2) is 6.70. The highest BCUT2D eigenvalue weighted by Crippen LogP contribution is 2.48. The number of amides is 1. The predicted octanol–water partition coefficient (Wildman–Crippen LogP) is 2.06. The molecule has 0 atom stereocenters. The van der Waals surface area contributed by atoms with E-state index in [9.17, 15) is 4.79 Å². The molecule has 2 rings (SSSR count). The van der Waals surface area contributed by atoms with E-state index in [2.05, 4.69) is 15.6 Å². The summed E-state index contributed by atoms with van der Waals surface area (Å²) in [5, 5.41) is 6.15. The first-order valence-corrected chi connectivity index (χ1v) is 7.17. The summed E-state index contributed by atoms with van der Waals surface area (Å²) in [5.74, 6) is 0.590. The summed E-state index contributed by atoms with van der Waals surface area (Å²) >= 11 is 0. The summed E-state index contributed by atoms with van der Waals surface area (Å²) in [4.78, 5) is 16.5. The summed E-state index contributed by atoms with van der Waals surface area (Å²) in [6.45, 7) is 4.20. The zero-order chi connectivity index (χ0) is 14.4. The number of nitrogens with one attached hydrogen (secondary N) is 2. The van der Waals surface area contributed by atoms with Crippen molar-refractivity contribution in [2.45, 2.75) is 26.2 Å². The second-order valence-electron chi connectivity index (χ2n) is 5.36. The number of hydrogen-bond donors (Lipinski definition) is 2. The van der Waals surface area contributed by atoms with Crippen LogP contribution in [0.2, 0.25) is 0 Å². The third-order valence-corrected chi connectivity index (χ3v) is 3.81. The van der Waals surface area contributed by atoms with E-state index in [0.29, 0.717) is 11.4 Å². The molecular formula is C15H23N3O2. The quantitative estimate of drug-likeness (QED) is 0.763. The SMILES string of the molecule is CCNc1ncccc1C(=O)NCC1(CCOC)CC1. The standard InChI is InChI=1S/C15H23N3O2/c1-3-16-13-12(5-4-9-17-13)14(19)18-11-15(6-7-15)8-10-20-2/h4-5,9H,3,6-8,10-11H2,1-2H3,(H,16,17)(H,18,19). The molecule has 2 N–H and O–H groups in total. The molecule has 1 aliphatic carbocycles. The van der Waals surface area contributed by atoms with Crippen molar-refractivity contribution < 1.29 is 9.53 Å². The lowest BCUT2D eigenvalue weighted by molar-refractivity contribution is 0.0938. The Morgan fingerprint density at radius 1 is 1.50 bits per heavy atom. The number of rotatable bonds is 8. The molecule has 1 saturated carbocycles. The van der Waals surface area contributed by atoms with Crippen LogP contribution in [0.4, 0.5) is 5.82 Å². The van der Waals surface area contributed by atoms with Crippen LogP contribution in [0.5, 0.6) is 0 Å². The van der Waals surface area contributed by atoms with Gasteiger partial charge in [0.05, 0.1) is 5.56 Å². The Morgan fingerprint density at radius 3 is 2.95 bits per heavy atom. The molecule has 1 amide bonds. The number of carbonyl (C=O) groups excluding carboxylic acids is 1. The highest BCUT2D eigenvalue weighted by Gasteiger charge is 2.42. The lowest BCUT2D eigenvalue weighted by Crippen LogP contribution is -2.31. The van der Waals surface area contributed by atoms with Gasteiger partial charge < -0.3 is 15.4 Å². The fourth-order valence-corrected chi connectivity index (χ4v) is 2.27. The number of hydrogen-bond acceptors (Lipinski definition) is 4. The molecule has 0 aliphatic heterocycles. The molecular weight excluding hydrogens is 254 g/mol. The minimum atomic E-state index is -0.0576. The highest BCUT2D eigenvalue weighted by molar-refractivity contribution is 5.98. The van der Waals surface area contributed by atoms with Gasteiger partial charge in [0, 0.05) is 33.0 Å². The number of nitrogens with zero attached hydrogens (tertiary/aromatic N) is 1. The van der Waals surface area contributed by atoms with Crippen molar-refractivity contribution in [2.75, 3.05) is 32.1 Å². The van der Waals surface area contributed by atoms with Gasteiger partial charge in [-0.25, -0.2) is 4.98 Å². The van der Waals surface area contributed by atoms with Gasteiger partial charge >= 0.3 is 0 Å². The predicted molar refractivity (Wildman–Crippen MR) is 78.9 cm³/mol. The molecule has 0 radical (unpaired) electrons. The van der Waals surface area contributed by atoms with Gasteiger partial charge in [0.25, 0.3) is 5.91 Å². The number of methoxy groups -OCH3 is 1. The minimum absolute atomic E-state index is 0.0576. The topological polar surface area (TPSA) is 63.2 Å². The first-order chi connectivity index (χ1) is 9.71. The highest BCUT2D eigenvalue weighted by atomic mass is 16.5. The molecule has 1 aromatic heterocycles. The maximum atomic E-state index is 12.3. The fourth-order valence-electron chi connectivity index (χ4n) is 2.27. The van der Waals surface area contributed by atoms with Gasteiger partial charge in [-0.15, -0.1) is 0 Å². The zero-order valence-electron chi connectivity index (χ0n) is 12.2. The van der Waals surface area contributed by atoms with Gasteiger partial charge in [0.1, 0.15) is 5.82 Å². The molecule has 0 unspecified atom stereocenters. The number of carbonyl (C=O) groups is 1. The van der Waals surface area contributed by atoms with Crippen molar-refractivity contribution in [2.24, 2.45) is 5.41 Å². The van der Waals surface area contributed by atoms with Crippen molar-refractivity contribution in [3.05, 3.63) is 23.9 Å². The van der Waals surface area contributed by atoms with Gasteiger partial charge in [0.2, 0.25) is 0 Å². The van der Waals surface area contributed by atoms with Crippen molar-refractivity contribution in [3.63, 3.8) is 0 Å². The van der Waals surface area contributed by atoms with Crippen molar-refractivity contribution in [1.82, 2.24) is 10.3 Å². The van der Waals surface area contributed by atoms with Crippen LogP contribution in [0.15, 0.2) is 18.3 Å². The van der Waals surface area contributed by atoms with Crippen LogP contribution in [0.1, 0.15) is 36.5 Å². The number of ether oxygens (including phenoxy) is 1. The maximum absolute atomic E-state index is 12.3. The van der Waals surface area contributed by atoms with Crippen LogP contribution in [-0.4, -0.2) is 37.7 Å². The number of pyridine rings is 1. The summed E-state index contributed by atoms with van der Waals surface area (Å²) < 4.78 is 5.13. The van der Waals surface area contributed by atoms with Crippen LogP contribution in [0.25, 0.3) is 0 Å². The van der Waals surface area contributed by atoms with Gasteiger partial charge in [-0.05, 0) is 43.7 Å². The van der Waals surface area contributed by atoms with E-state index in [-0.39, 0.29) is 11.3 Å². The second-order valence-corrected chi connectivity index (χ2v) is 5.36. The maximum Gasteiger partial charge on any atom is 0.255 e.